The number of halogens is 1. The van der Waals surface area contributed by atoms with Gasteiger partial charge in [-0.3, -0.25) is 14.4 Å². The molecule has 1 fully saturated rings. The molecule has 2 amide bonds. The van der Waals surface area contributed by atoms with Crippen LogP contribution in [-0.4, -0.2) is 58.1 Å². The fourth-order valence-corrected chi connectivity index (χ4v) is 2.77. The average molecular weight is 361 g/mol. The largest absolute Gasteiger partial charge is 0.342 e. The Morgan fingerprint density at radius 1 is 1.08 bits per heavy atom. The molecular weight excluding hydrogens is 344 g/mol. The minimum Gasteiger partial charge on any atom is -0.342 e. The molecule has 0 spiro atoms. The van der Waals surface area contributed by atoms with E-state index in [0.717, 1.165) is 12.0 Å². The summed E-state index contributed by atoms with van der Waals surface area (Å²) in [6.45, 7) is 1.80. The zero-order chi connectivity index (χ0) is 17.8. The van der Waals surface area contributed by atoms with Gasteiger partial charge in [-0.1, -0.05) is 23.7 Å². The minimum atomic E-state index is -0.336. The molecule has 1 aliphatic heterocycles. The molecule has 0 bridgehead atoms. The third kappa shape index (κ3) is 4.06. The predicted molar refractivity (Wildman–Crippen MR) is 93.2 cm³/mol. The lowest BCUT2D eigenvalue weighted by Gasteiger charge is -2.32. The van der Waals surface area contributed by atoms with Crippen molar-refractivity contribution in [2.75, 3.05) is 26.2 Å². The van der Waals surface area contributed by atoms with Crippen LogP contribution in [0.4, 0.5) is 0 Å². The van der Waals surface area contributed by atoms with Crippen molar-refractivity contribution in [2.24, 2.45) is 0 Å². The van der Waals surface area contributed by atoms with Crippen LogP contribution in [0.15, 0.2) is 41.2 Å². The van der Waals surface area contributed by atoms with Gasteiger partial charge in [-0.15, -0.1) is 0 Å². The average Bonchev–Trinajstić information content (AvgIpc) is 2.64. The predicted octanol–water partition coefficient (Wildman–Crippen LogP) is 0.864. The maximum Gasteiger partial charge on any atom is 0.267 e. The zero-order valence-corrected chi connectivity index (χ0v) is 14.2. The first-order chi connectivity index (χ1) is 12.1. The van der Waals surface area contributed by atoms with Gasteiger partial charge in [0.25, 0.3) is 5.56 Å². The van der Waals surface area contributed by atoms with Gasteiger partial charge in [-0.2, -0.15) is 5.10 Å². The number of hydrogen-bond donors (Lipinski definition) is 0. The first-order valence-corrected chi connectivity index (χ1v) is 8.26. The van der Waals surface area contributed by atoms with Crippen molar-refractivity contribution >= 4 is 23.9 Å². The molecule has 1 aromatic heterocycles. The molecule has 8 heteroatoms. The Morgan fingerprint density at radius 2 is 1.76 bits per heavy atom. The third-order valence-electron chi connectivity index (χ3n) is 4.11. The van der Waals surface area contributed by atoms with Crippen LogP contribution in [0.2, 0.25) is 5.02 Å². The number of nitrogens with zero attached hydrogens (tertiary/aromatic N) is 4. The van der Waals surface area contributed by atoms with Crippen LogP contribution in [0.3, 0.4) is 0 Å². The summed E-state index contributed by atoms with van der Waals surface area (Å²) >= 11 is 5.88. The first kappa shape index (κ1) is 17.2. The highest BCUT2D eigenvalue weighted by molar-refractivity contribution is 6.30. The summed E-state index contributed by atoms with van der Waals surface area (Å²) in [6, 6.07) is 10.1. The van der Waals surface area contributed by atoms with E-state index in [0.29, 0.717) is 36.9 Å². The Kier molecular flexibility index (Phi) is 5.14. The van der Waals surface area contributed by atoms with Crippen LogP contribution in [0, 0.1) is 0 Å². The van der Waals surface area contributed by atoms with E-state index in [1.165, 1.54) is 10.7 Å². The van der Waals surface area contributed by atoms with Crippen LogP contribution < -0.4 is 5.56 Å². The second kappa shape index (κ2) is 7.48. The molecule has 1 aromatic carbocycles. The highest BCUT2D eigenvalue weighted by Gasteiger charge is 2.21. The smallest absolute Gasteiger partial charge is 0.267 e. The number of piperazine rings is 1. The van der Waals surface area contributed by atoms with Crippen molar-refractivity contribution in [3.63, 3.8) is 0 Å². The molecule has 25 heavy (non-hydrogen) atoms. The summed E-state index contributed by atoms with van der Waals surface area (Å²) in [5, 5.41) is 4.90. The Bertz CT molecular complexity index is 827. The van der Waals surface area contributed by atoms with E-state index in [1.54, 1.807) is 40.1 Å². The first-order valence-electron chi connectivity index (χ1n) is 7.88. The second-order valence-corrected chi connectivity index (χ2v) is 6.18. The molecule has 7 nitrogen and oxygen atoms in total. The maximum atomic E-state index is 12.4. The molecule has 1 saturated heterocycles. The molecule has 3 rings (SSSR count). The number of benzene rings is 1. The van der Waals surface area contributed by atoms with Gasteiger partial charge >= 0.3 is 0 Å². The minimum absolute atomic E-state index is 0.124. The van der Waals surface area contributed by atoms with Gasteiger partial charge in [-0.25, -0.2) is 4.68 Å². The summed E-state index contributed by atoms with van der Waals surface area (Å²) in [4.78, 5) is 38.4. The quantitative estimate of drug-likeness (QED) is 0.758. The second-order valence-electron chi connectivity index (χ2n) is 5.74. The highest BCUT2D eigenvalue weighted by atomic mass is 35.5. The monoisotopic (exact) mass is 360 g/mol. The number of rotatable bonds is 4. The summed E-state index contributed by atoms with van der Waals surface area (Å²) in [5.41, 5.74) is 1.07. The Morgan fingerprint density at radius 3 is 2.40 bits per heavy atom. The van der Waals surface area contributed by atoms with E-state index in [4.69, 9.17) is 11.6 Å². The normalized spacial score (nSPS) is 14.4. The van der Waals surface area contributed by atoms with Gasteiger partial charge < -0.3 is 9.80 Å². The van der Waals surface area contributed by atoms with Crippen molar-refractivity contribution in [2.45, 2.75) is 6.54 Å². The molecule has 1 aliphatic rings. The van der Waals surface area contributed by atoms with E-state index < -0.39 is 0 Å². The van der Waals surface area contributed by atoms with Crippen molar-refractivity contribution in [1.82, 2.24) is 19.6 Å². The van der Waals surface area contributed by atoms with Crippen molar-refractivity contribution in [1.29, 1.82) is 0 Å². The zero-order valence-electron chi connectivity index (χ0n) is 13.5. The molecule has 0 atom stereocenters. The van der Waals surface area contributed by atoms with Crippen LogP contribution in [0.1, 0.15) is 0 Å². The summed E-state index contributed by atoms with van der Waals surface area (Å²) in [7, 11) is 0. The number of amides is 2. The Balaban J connectivity index is 1.75. The van der Waals surface area contributed by atoms with Crippen LogP contribution in [0.25, 0.3) is 11.3 Å². The van der Waals surface area contributed by atoms with Gasteiger partial charge in [0.05, 0.1) is 5.69 Å². The molecule has 0 saturated carbocycles. The van der Waals surface area contributed by atoms with E-state index in [-0.39, 0.29) is 18.0 Å². The molecule has 0 unspecified atom stereocenters. The topological polar surface area (TPSA) is 75.5 Å². The highest BCUT2D eigenvalue weighted by Crippen LogP contribution is 2.18. The van der Waals surface area contributed by atoms with Crippen LogP contribution >= 0.6 is 11.6 Å². The molecular formula is C17H17ClN4O3. The Labute approximate surface area is 149 Å². The van der Waals surface area contributed by atoms with Gasteiger partial charge in [0.1, 0.15) is 6.54 Å². The third-order valence-corrected chi connectivity index (χ3v) is 4.36. The number of hydrogen-bond acceptors (Lipinski definition) is 4. The standard InChI is InChI=1S/C17H17ClN4O3/c18-14-3-1-13(2-4-14)15-5-6-16(24)22(19-15)11-17(25)21-9-7-20(12-23)8-10-21/h1-6,12H,7-11H2. The van der Waals surface area contributed by atoms with E-state index in [9.17, 15) is 14.4 Å². The van der Waals surface area contributed by atoms with Gasteiger partial charge in [-0.05, 0) is 18.2 Å². The van der Waals surface area contributed by atoms with E-state index in [1.807, 2.05) is 0 Å². The van der Waals surface area contributed by atoms with Crippen LogP contribution in [0.5, 0.6) is 0 Å². The van der Waals surface area contributed by atoms with E-state index >= 15 is 0 Å². The van der Waals surface area contributed by atoms with Crippen LogP contribution in [-0.2, 0) is 16.1 Å². The molecule has 0 N–H and O–H groups in total. The molecule has 2 aromatic rings. The number of carbonyl (C=O) groups excluding carboxylic acids is 2. The molecule has 130 valence electrons. The number of aromatic nitrogens is 2. The Hall–Kier alpha value is -2.67. The lowest BCUT2D eigenvalue weighted by molar-refractivity contribution is -0.135. The fraction of sp³-hybridized carbons (Fsp3) is 0.294. The summed E-state index contributed by atoms with van der Waals surface area (Å²) in [6.07, 6.45) is 0.781. The van der Waals surface area contributed by atoms with Crippen molar-refractivity contribution in [3.05, 3.63) is 51.8 Å². The molecule has 0 aliphatic carbocycles. The van der Waals surface area contributed by atoms with Gasteiger partial charge in [0, 0.05) is 42.8 Å². The fourth-order valence-electron chi connectivity index (χ4n) is 2.64. The molecule has 2 heterocycles. The van der Waals surface area contributed by atoms with Gasteiger partial charge in [0.2, 0.25) is 12.3 Å². The number of carbonyl (C=O) groups is 2. The lowest BCUT2D eigenvalue weighted by atomic mass is 10.1. The SMILES string of the molecule is O=CN1CCN(C(=O)Cn2nc(-c3ccc(Cl)cc3)ccc2=O)CC1. The van der Waals surface area contributed by atoms with E-state index in [2.05, 4.69) is 5.10 Å². The summed E-state index contributed by atoms with van der Waals surface area (Å²) in [5.74, 6) is -0.187. The maximum absolute atomic E-state index is 12.4. The molecule has 0 radical (unpaired) electrons. The lowest BCUT2D eigenvalue weighted by Crippen LogP contribution is -2.49. The summed E-state index contributed by atoms with van der Waals surface area (Å²) < 4.78 is 1.17. The van der Waals surface area contributed by atoms with Gasteiger partial charge in [0.15, 0.2) is 0 Å². The van der Waals surface area contributed by atoms with Crippen molar-refractivity contribution in [3.8, 4) is 11.3 Å². The van der Waals surface area contributed by atoms with Crippen molar-refractivity contribution < 1.29 is 9.59 Å².